The molecule has 314 valence electrons. The van der Waals surface area contributed by atoms with Crippen LogP contribution in [0.3, 0.4) is 0 Å². The zero-order valence-corrected chi connectivity index (χ0v) is 36.1. The molecule has 0 aliphatic heterocycles. The summed E-state index contributed by atoms with van der Waals surface area (Å²) in [5, 5.41) is 26.7. The Labute approximate surface area is 351 Å². The number of aliphatic hydroxyl groups is 2. The summed E-state index contributed by atoms with van der Waals surface area (Å²) >= 11 is 0. The number of nitrogens with zero attached hydrogens (tertiary/aromatic N) is 1. The molecule has 0 unspecified atom stereocenters. The van der Waals surface area contributed by atoms with E-state index in [4.69, 9.17) is 9.47 Å². The lowest BCUT2D eigenvalue weighted by Crippen LogP contribution is -2.54. The maximum atomic E-state index is 14.8. The summed E-state index contributed by atoms with van der Waals surface area (Å²) in [5.74, 6) is 1.54. The first-order chi connectivity index (χ1) is 28.3. The SMILES string of the molecule is COc1ccc(C(=O)c2cc3ccc2[C@@H]2CC[C@@](O)(CN(Cc4cccc5ccccc45)C(=O)O[C@H]4C[C@@H](C)CC[C@@H]4C(C)C)[C@@]2(C)CCC=C(C)CC[C@H](O)C3)cc1. The van der Waals surface area contributed by atoms with Gasteiger partial charge in [-0.05, 0) is 146 Å². The second kappa shape index (κ2) is 18.0. The summed E-state index contributed by atoms with van der Waals surface area (Å²) in [6.07, 6.45) is 8.49. The number of hydrogen-bond acceptors (Lipinski definition) is 6. The number of carbonyl (C=O) groups excluding carboxylic acids is 2. The third-order valence-electron chi connectivity index (χ3n) is 14.4. The smallest absolute Gasteiger partial charge is 0.410 e. The van der Waals surface area contributed by atoms with E-state index in [1.54, 1.807) is 36.3 Å². The van der Waals surface area contributed by atoms with Crippen molar-refractivity contribution in [3.05, 3.63) is 124 Å². The summed E-state index contributed by atoms with van der Waals surface area (Å²) in [4.78, 5) is 31.2. The van der Waals surface area contributed by atoms with Crippen molar-refractivity contribution >= 4 is 22.6 Å². The fourth-order valence-electron chi connectivity index (χ4n) is 10.7. The minimum Gasteiger partial charge on any atom is -0.497 e. The predicted octanol–water partition coefficient (Wildman–Crippen LogP) is 11.2. The van der Waals surface area contributed by atoms with Crippen LogP contribution in [0.4, 0.5) is 4.79 Å². The van der Waals surface area contributed by atoms with Crippen molar-refractivity contribution in [1.29, 1.82) is 0 Å². The van der Waals surface area contributed by atoms with Crippen LogP contribution >= 0.6 is 0 Å². The average molecular weight is 800 g/mol. The average Bonchev–Trinajstić information content (AvgIpc) is 3.47. The quantitative estimate of drug-likeness (QED) is 0.129. The van der Waals surface area contributed by atoms with Crippen molar-refractivity contribution in [3.8, 4) is 5.75 Å². The fourth-order valence-corrected chi connectivity index (χ4v) is 10.7. The third kappa shape index (κ3) is 9.17. The maximum Gasteiger partial charge on any atom is 0.410 e. The topological polar surface area (TPSA) is 96.3 Å². The second-order valence-electron chi connectivity index (χ2n) is 18.7. The van der Waals surface area contributed by atoms with E-state index in [0.29, 0.717) is 67.4 Å². The van der Waals surface area contributed by atoms with Gasteiger partial charge < -0.3 is 24.6 Å². The molecule has 0 aromatic heterocycles. The lowest BCUT2D eigenvalue weighted by Gasteiger charge is -2.46. The highest BCUT2D eigenvalue weighted by Crippen LogP contribution is 2.59. The molecule has 59 heavy (non-hydrogen) atoms. The normalized spacial score (nSPS) is 27.5. The molecule has 4 aliphatic rings. The van der Waals surface area contributed by atoms with E-state index < -0.39 is 17.1 Å². The highest BCUT2D eigenvalue weighted by atomic mass is 16.6. The number of amides is 1. The predicted molar refractivity (Wildman–Crippen MR) is 236 cm³/mol. The molecule has 1 amide bonds. The Morgan fingerprint density at radius 3 is 2.46 bits per heavy atom. The maximum absolute atomic E-state index is 14.8. The minimum absolute atomic E-state index is 0.0952. The van der Waals surface area contributed by atoms with Crippen molar-refractivity contribution < 1.29 is 29.3 Å². The van der Waals surface area contributed by atoms with Gasteiger partial charge in [0.05, 0.1) is 25.4 Å². The molecular formula is C52H65NO6. The van der Waals surface area contributed by atoms with Crippen molar-refractivity contribution in [2.45, 2.75) is 129 Å². The molecule has 7 heteroatoms. The Balaban J connectivity index is 1.30. The molecule has 0 spiro atoms. The van der Waals surface area contributed by atoms with Crippen LogP contribution in [-0.2, 0) is 17.7 Å². The summed E-state index contributed by atoms with van der Waals surface area (Å²) in [5.41, 5.74) is 3.17. The summed E-state index contributed by atoms with van der Waals surface area (Å²) in [7, 11) is 1.61. The van der Waals surface area contributed by atoms with Crippen LogP contribution in [0, 0.1) is 23.2 Å². The highest BCUT2D eigenvalue weighted by Gasteiger charge is 2.58. The van der Waals surface area contributed by atoms with E-state index in [1.165, 1.54) is 5.57 Å². The van der Waals surface area contributed by atoms with E-state index in [1.807, 2.05) is 24.3 Å². The number of ether oxygens (including phenoxy) is 2. The molecule has 2 fully saturated rings. The number of methoxy groups -OCH3 is 1. The molecule has 2 saturated carbocycles. The molecule has 7 atom stereocenters. The standard InChI is InChI=1S/C52H65NO6/c1-34(2)43-24-17-36(4)29-48(43)59-50(56)53(32-40-14-9-13-38-12-7-8-15-44(38)40)33-52(57)28-26-47-45-25-18-37(30-41(54)21-16-35(3)11-10-27-51(47,52)5)31-46(45)49(55)39-19-22-42(58-6)23-20-39/h7-9,11-15,18-20,22-23,25,31,34,36,41,43,47-48,54,57H,10,16-17,21,24,26-30,32-33H2,1-6H3/t36-,41-,43+,47-,48-,51-,52+/m0/s1. The molecule has 2 bridgehead atoms. The number of ketones is 1. The summed E-state index contributed by atoms with van der Waals surface area (Å²) in [6.45, 7) is 11.4. The Kier molecular flexibility index (Phi) is 13.0. The zero-order chi connectivity index (χ0) is 41.9. The Morgan fingerprint density at radius 2 is 1.69 bits per heavy atom. The first-order valence-electron chi connectivity index (χ1n) is 22.1. The Hall–Kier alpha value is -4.46. The number of carbonyl (C=O) groups is 2. The number of allylic oxidation sites excluding steroid dienone is 2. The van der Waals surface area contributed by atoms with E-state index in [9.17, 15) is 19.8 Å². The van der Waals surface area contributed by atoms with Crippen molar-refractivity contribution in [2.24, 2.45) is 23.2 Å². The molecule has 4 aromatic rings. The number of benzene rings is 4. The third-order valence-corrected chi connectivity index (χ3v) is 14.4. The van der Waals surface area contributed by atoms with Crippen LogP contribution in [-0.4, -0.2) is 58.5 Å². The van der Waals surface area contributed by atoms with Gasteiger partial charge >= 0.3 is 6.09 Å². The monoisotopic (exact) mass is 799 g/mol. The van der Waals surface area contributed by atoms with E-state index in [-0.39, 0.29) is 36.4 Å². The zero-order valence-electron chi connectivity index (χ0n) is 36.1. The van der Waals surface area contributed by atoms with Gasteiger partial charge in [0.2, 0.25) is 0 Å². The van der Waals surface area contributed by atoms with Gasteiger partial charge in [-0.15, -0.1) is 0 Å². The molecule has 0 saturated heterocycles. The van der Waals surface area contributed by atoms with Crippen LogP contribution in [0.25, 0.3) is 10.8 Å². The van der Waals surface area contributed by atoms with E-state index in [2.05, 4.69) is 77.1 Å². The van der Waals surface area contributed by atoms with Crippen LogP contribution in [0.2, 0.25) is 0 Å². The van der Waals surface area contributed by atoms with Gasteiger partial charge in [-0.25, -0.2) is 4.79 Å². The summed E-state index contributed by atoms with van der Waals surface area (Å²) < 4.78 is 12.0. The van der Waals surface area contributed by atoms with Crippen LogP contribution in [0.15, 0.2) is 96.6 Å². The molecule has 4 aliphatic carbocycles. The fraction of sp³-hybridized carbons (Fsp3) is 0.500. The molecule has 8 rings (SSSR count). The van der Waals surface area contributed by atoms with Gasteiger partial charge in [0.25, 0.3) is 0 Å². The molecule has 0 radical (unpaired) electrons. The largest absolute Gasteiger partial charge is 0.497 e. The van der Waals surface area contributed by atoms with Gasteiger partial charge in [-0.3, -0.25) is 4.79 Å². The van der Waals surface area contributed by atoms with E-state index in [0.717, 1.165) is 59.6 Å². The van der Waals surface area contributed by atoms with Gasteiger partial charge in [0.15, 0.2) is 5.78 Å². The Morgan fingerprint density at radius 1 is 0.932 bits per heavy atom. The number of fused-ring (bicyclic) bond motifs is 9. The van der Waals surface area contributed by atoms with Gasteiger partial charge in [0, 0.05) is 23.1 Å². The van der Waals surface area contributed by atoms with Crippen LogP contribution in [0.5, 0.6) is 5.75 Å². The van der Waals surface area contributed by atoms with Gasteiger partial charge in [-0.2, -0.15) is 0 Å². The van der Waals surface area contributed by atoms with Gasteiger partial charge in [0.1, 0.15) is 11.9 Å². The molecule has 7 nitrogen and oxygen atoms in total. The molecule has 0 heterocycles. The molecule has 4 aromatic carbocycles. The van der Waals surface area contributed by atoms with Crippen molar-refractivity contribution in [3.63, 3.8) is 0 Å². The second-order valence-corrected chi connectivity index (χ2v) is 18.7. The van der Waals surface area contributed by atoms with Gasteiger partial charge in [-0.1, -0.05) is 100 Å². The first kappa shape index (κ1) is 42.7. The number of rotatable bonds is 9. The van der Waals surface area contributed by atoms with Crippen LogP contribution < -0.4 is 4.74 Å². The number of hydrogen-bond donors (Lipinski definition) is 2. The lowest BCUT2D eigenvalue weighted by atomic mass is 9.64. The Bertz CT molecular complexity index is 2140. The first-order valence-corrected chi connectivity index (χ1v) is 22.1. The highest BCUT2D eigenvalue weighted by molar-refractivity contribution is 6.10. The number of aliphatic hydroxyl groups excluding tert-OH is 1. The lowest BCUT2D eigenvalue weighted by molar-refractivity contribution is -0.0875. The minimum atomic E-state index is -1.30. The molecule has 2 N–H and O–H groups in total. The molecular weight excluding hydrogens is 735 g/mol. The van der Waals surface area contributed by atoms with Crippen LogP contribution in [0.1, 0.15) is 131 Å². The van der Waals surface area contributed by atoms with Crippen molar-refractivity contribution in [2.75, 3.05) is 13.7 Å². The van der Waals surface area contributed by atoms with E-state index >= 15 is 0 Å². The van der Waals surface area contributed by atoms with Crippen molar-refractivity contribution in [1.82, 2.24) is 4.90 Å². The summed E-state index contributed by atoms with van der Waals surface area (Å²) in [6, 6.07) is 27.8.